The van der Waals surface area contributed by atoms with Gasteiger partial charge in [0, 0.05) is 17.9 Å². The molecule has 0 bridgehead atoms. The number of methoxy groups -OCH3 is 2. The van der Waals surface area contributed by atoms with Gasteiger partial charge in [0.2, 0.25) is 0 Å². The summed E-state index contributed by atoms with van der Waals surface area (Å²) < 4.78 is 10.3. The highest BCUT2D eigenvalue weighted by Crippen LogP contribution is 2.24. The van der Waals surface area contributed by atoms with E-state index in [4.69, 9.17) is 9.47 Å². The molecule has 1 rings (SSSR count). The van der Waals surface area contributed by atoms with Gasteiger partial charge in [-0.3, -0.25) is 4.79 Å². The first kappa shape index (κ1) is 15.8. The Morgan fingerprint density at radius 2 is 2.11 bits per heavy atom. The van der Waals surface area contributed by atoms with Gasteiger partial charge in [0.15, 0.2) is 0 Å². The molecule has 0 aliphatic heterocycles. The van der Waals surface area contributed by atoms with Crippen LogP contribution in [0.5, 0.6) is 11.5 Å². The summed E-state index contributed by atoms with van der Waals surface area (Å²) in [6, 6.07) is 5.17. The Hall–Kier alpha value is -1.23. The number of halogens is 1. The van der Waals surface area contributed by atoms with Crippen molar-refractivity contribution < 1.29 is 14.3 Å². The van der Waals surface area contributed by atoms with Crippen LogP contribution in [0.3, 0.4) is 0 Å². The Morgan fingerprint density at radius 3 is 2.68 bits per heavy atom. The maximum absolute atomic E-state index is 12.1. The number of hydrogen-bond acceptors (Lipinski definition) is 3. The van der Waals surface area contributed by atoms with Gasteiger partial charge in [-0.1, -0.05) is 22.9 Å². The van der Waals surface area contributed by atoms with Gasteiger partial charge in [0.25, 0.3) is 5.91 Å². The minimum absolute atomic E-state index is 0.124. The fourth-order valence-electron chi connectivity index (χ4n) is 1.64. The van der Waals surface area contributed by atoms with Gasteiger partial charge in [-0.05, 0) is 24.5 Å². The smallest absolute Gasteiger partial charge is 0.255 e. The van der Waals surface area contributed by atoms with Crippen molar-refractivity contribution in [3.8, 4) is 11.5 Å². The minimum Gasteiger partial charge on any atom is -0.497 e. The van der Waals surface area contributed by atoms with E-state index < -0.39 is 0 Å². The summed E-state index contributed by atoms with van der Waals surface area (Å²) in [5, 5.41) is 3.86. The number of benzene rings is 1. The summed E-state index contributed by atoms with van der Waals surface area (Å²) in [6.07, 6.45) is 1.03. The molecule has 1 aromatic carbocycles. The first-order valence-corrected chi connectivity index (χ1v) is 7.30. The normalized spacial score (nSPS) is 11.8. The van der Waals surface area contributed by atoms with Gasteiger partial charge in [-0.2, -0.15) is 0 Å². The SMILES string of the molecule is COc1ccc(C(=O)NCC(C)CCBr)c(OC)c1. The van der Waals surface area contributed by atoms with E-state index in [1.807, 2.05) is 0 Å². The second-order valence-corrected chi connectivity index (χ2v) is 5.15. The molecule has 0 heterocycles. The zero-order valence-electron chi connectivity index (χ0n) is 11.5. The first-order chi connectivity index (χ1) is 9.12. The lowest BCUT2D eigenvalue weighted by Crippen LogP contribution is -2.28. The predicted molar refractivity (Wildman–Crippen MR) is 79.5 cm³/mol. The van der Waals surface area contributed by atoms with E-state index >= 15 is 0 Å². The summed E-state index contributed by atoms with van der Waals surface area (Å²) in [5.41, 5.74) is 0.523. The highest BCUT2D eigenvalue weighted by atomic mass is 79.9. The molecule has 0 spiro atoms. The van der Waals surface area contributed by atoms with E-state index in [1.165, 1.54) is 0 Å². The molecule has 1 atom stereocenters. The third-order valence-corrected chi connectivity index (χ3v) is 3.32. The van der Waals surface area contributed by atoms with Crippen molar-refractivity contribution in [2.75, 3.05) is 26.1 Å². The highest BCUT2D eigenvalue weighted by Gasteiger charge is 2.13. The monoisotopic (exact) mass is 329 g/mol. The molecule has 4 nitrogen and oxygen atoms in total. The number of rotatable bonds is 7. The van der Waals surface area contributed by atoms with Gasteiger partial charge in [-0.25, -0.2) is 0 Å². The van der Waals surface area contributed by atoms with Crippen LogP contribution in [-0.4, -0.2) is 32.0 Å². The van der Waals surface area contributed by atoms with Crippen LogP contribution in [-0.2, 0) is 0 Å². The lowest BCUT2D eigenvalue weighted by Gasteiger charge is -2.13. The van der Waals surface area contributed by atoms with Crippen molar-refractivity contribution in [3.63, 3.8) is 0 Å². The van der Waals surface area contributed by atoms with E-state index in [1.54, 1.807) is 32.4 Å². The van der Waals surface area contributed by atoms with Crippen molar-refractivity contribution in [1.29, 1.82) is 0 Å². The van der Waals surface area contributed by atoms with Gasteiger partial charge < -0.3 is 14.8 Å². The molecule has 0 aliphatic carbocycles. The molecule has 0 aliphatic rings. The fourth-order valence-corrected chi connectivity index (χ4v) is 2.42. The van der Waals surface area contributed by atoms with Crippen molar-refractivity contribution in [3.05, 3.63) is 23.8 Å². The van der Waals surface area contributed by atoms with Crippen molar-refractivity contribution in [1.82, 2.24) is 5.32 Å². The van der Waals surface area contributed by atoms with Crippen LogP contribution in [0.15, 0.2) is 18.2 Å². The average Bonchev–Trinajstić information content (AvgIpc) is 2.44. The largest absolute Gasteiger partial charge is 0.497 e. The lowest BCUT2D eigenvalue weighted by molar-refractivity contribution is 0.0945. The Morgan fingerprint density at radius 1 is 1.37 bits per heavy atom. The summed E-state index contributed by atoms with van der Waals surface area (Å²) in [5.74, 6) is 1.50. The third kappa shape index (κ3) is 4.74. The molecule has 5 heteroatoms. The minimum atomic E-state index is -0.124. The van der Waals surface area contributed by atoms with Crippen LogP contribution in [0.2, 0.25) is 0 Å². The number of amides is 1. The van der Waals surface area contributed by atoms with Gasteiger partial charge in [0.1, 0.15) is 11.5 Å². The Balaban J connectivity index is 2.71. The molecule has 1 amide bonds. The zero-order chi connectivity index (χ0) is 14.3. The average molecular weight is 330 g/mol. The molecular weight excluding hydrogens is 310 g/mol. The molecule has 1 aromatic rings. The topological polar surface area (TPSA) is 47.6 Å². The van der Waals surface area contributed by atoms with Crippen LogP contribution < -0.4 is 14.8 Å². The summed E-state index contributed by atoms with van der Waals surface area (Å²) in [4.78, 5) is 12.1. The summed E-state index contributed by atoms with van der Waals surface area (Å²) >= 11 is 3.39. The number of alkyl halides is 1. The maximum atomic E-state index is 12.1. The summed E-state index contributed by atoms with van der Waals surface area (Å²) in [6.45, 7) is 2.76. The number of carbonyl (C=O) groups is 1. The number of ether oxygens (including phenoxy) is 2. The second kappa shape index (κ2) is 8.04. The van der Waals surface area contributed by atoms with Crippen molar-refractivity contribution >= 4 is 21.8 Å². The molecule has 0 saturated carbocycles. The molecule has 1 unspecified atom stereocenters. The van der Waals surface area contributed by atoms with Gasteiger partial charge >= 0.3 is 0 Å². The Kier molecular flexibility index (Phi) is 6.70. The quantitative estimate of drug-likeness (QED) is 0.782. The third-order valence-electron chi connectivity index (χ3n) is 2.87. The van der Waals surface area contributed by atoms with E-state index in [-0.39, 0.29) is 5.91 Å². The first-order valence-electron chi connectivity index (χ1n) is 6.18. The van der Waals surface area contributed by atoms with Crippen LogP contribution in [0.25, 0.3) is 0 Å². The molecule has 0 fully saturated rings. The van der Waals surface area contributed by atoms with Crippen LogP contribution in [0.4, 0.5) is 0 Å². The van der Waals surface area contributed by atoms with E-state index in [0.29, 0.717) is 29.5 Å². The molecule has 0 aromatic heterocycles. The molecule has 0 saturated heterocycles. The van der Waals surface area contributed by atoms with Gasteiger partial charge in [-0.15, -0.1) is 0 Å². The van der Waals surface area contributed by atoms with E-state index in [9.17, 15) is 4.79 Å². The summed E-state index contributed by atoms with van der Waals surface area (Å²) in [7, 11) is 3.12. The van der Waals surface area contributed by atoms with Crippen LogP contribution in [0.1, 0.15) is 23.7 Å². The number of carbonyl (C=O) groups excluding carboxylic acids is 1. The number of nitrogens with one attached hydrogen (secondary N) is 1. The van der Waals surface area contributed by atoms with Gasteiger partial charge in [0.05, 0.1) is 19.8 Å². The maximum Gasteiger partial charge on any atom is 0.255 e. The molecule has 106 valence electrons. The van der Waals surface area contributed by atoms with Crippen molar-refractivity contribution in [2.24, 2.45) is 5.92 Å². The standard InChI is InChI=1S/C14H20BrNO3/c1-10(6-7-15)9-16-14(17)12-5-4-11(18-2)8-13(12)19-3/h4-5,8,10H,6-7,9H2,1-3H3,(H,16,17). The molecule has 19 heavy (non-hydrogen) atoms. The Bertz CT molecular complexity index is 423. The lowest BCUT2D eigenvalue weighted by atomic mass is 10.1. The molecule has 0 radical (unpaired) electrons. The predicted octanol–water partition coefficient (Wildman–Crippen LogP) is 2.85. The zero-order valence-corrected chi connectivity index (χ0v) is 13.1. The second-order valence-electron chi connectivity index (χ2n) is 4.36. The van der Waals surface area contributed by atoms with Crippen LogP contribution >= 0.6 is 15.9 Å². The molecule has 1 N–H and O–H groups in total. The van der Waals surface area contributed by atoms with E-state index in [0.717, 1.165) is 11.8 Å². The Labute approximate surface area is 122 Å². The number of hydrogen-bond donors (Lipinski definition) is 1. The highest BCUT2D eigenvalue weighted by molar-refractivity contribution is 9.09. The van der Waals surface area contributed by atoms with E-state index in [2.05, 4.69) is 28.2 Å². The van der Waals surface area contributed by atoms with Crippen molar-refractivity contribution in [2.45, 2.75) is 13.3 Å². The van der Waals surface area contributed by atoms with Crippen LogP contribution in [0, 0.1) is 5.92 Å². The fraction of sp³-hybridized carbons (Fsp3) is 0.500. The molecular formula is C14H20BrNO3.